The Morgan fingerprint density at radius 3 is 2.32 bits per heavy atom. The maximum Gasteiger partial charge on any atom is 0.246 e. The second-order valence-corrected chi connectivity index (χ2v) is 7.53. The van der Waals surface area contributed by atoms with E-state index in [-0.39, 0.29) is 15.6 Å². The van der Waals surface area contributed by atoms with E-state index >= 15 is 0 Å². The molecule has 0 radical (unpaired) electrons. The van der Waals surface area contributed by atoms with Crippen molar-refractivity contribution in [3.63, 3.8) is 0 Å². The first-order valence-electron chi connectivity index (χ1n) is 6.35. The molecule has 0 atom stereocenters. The molecular weight excluding hydrogens is 286 g/mol. The number of halogens is 1. The maximum absolute atomic E-state index is 12.4. The number of aromatic nitrogens is 2. The molecule has 0 bridgehead atoms. The smallest absolute Gasteiger partial charge is 0.225 e. The van der Waals surface area contributed by atoms with Crippen LogP contribution < -0.4 is 0 Å². The highest BCUT2D eigenvalue weighted by Crippen LogP contribution is 2.35. The lowest BCUT2D eigenvalue weighted by atomic mass is 9.79. The Bertz CT molecular complexity index is 537. The Hall–Kier alpha value is -0.720. The number of hydrogen-bond donors (Lipinski definition) is 0. The monoisotopic (exact) mass is 303 g/mol. The van der Waals surface area contributed by atoms with Gasteiger partial charge in [0.1, 0.15) is 4.90 Å². The molecule has 106 valence electrons. The Kier molecular flexibility index (Phi) is 4.13. The molecule has 1 fully saturated rings. The van der Waals surface area contributed by atoms with Gasteiger partial charge in [-0.3, -0.25) is 0 Å². The minimum atomic E-state index is -3.49. The third-order valence-electron chi connectivity index (χ3n) is 4.02. The van der Waals surface area contributed by atoms with Crippen molar-refractivity contribution in [1.82, 2.24) is 14.3 Å². The van der Waals surface area contributed by atoms with E-state index in [4.69, 9.17) is 11.6 Å². The standard InChI is InChI=1S/C12H18ClN3O2S/c1-3-12(2)4-6-16(7-5-12)19(17,18)10-8-14-11(13)15-9-10/h8-9H,3-7H2,1-2H3. The van der Waals surface area contributed by atoms with Gasteiger partial charge in [-0.2, -0.15) is 4.31 Å². The molecule has 0 spiro atoms. The molecule has 0 aromatic carbocycles. The molecule has 1 aromatic rings. The van der Waals surface area contributed by atoms with Gasteiger partial charge in [0.2, 0.25) is 15.3 Å². The fourth-order valence-corrected chi connectivity index (χ4v) is 3.63. The molecule has 0 amide bonds. The normalized spacial score (nSPS) is 20.4. The van der Waals surface area contributed by atoms with E-state index in [2.05, 4.69) is 23.8 Å². The van der Waals surface area contributed by atoms with Gasteiger partial charge in [0, 0.05) is 13.1 Å². The third-order valence-corrected chi connectivity index (χ3v) is 6.06. The van der Waals surface area contributed by atoms with Crippen molar-refractivity contribution >= 4 is 21.6 Å². The van der Waals surface area contributed by atoms with E-state index < -0.39 is 10.0 Å². The van der Waals surface area contributed by atoms with Crippen LogP contribution in [0.15, 0.2) is 17.3 Å². The Morgan fingerprint density at radius 2 is 1.84 bits per heavy atom. The van der Waals surface area contributed by atoms with Crippen LogP contribution in [-0.2, 0) is 10.0 Å². The summed E-state index contributed by atoms with van der Waals surface area (Å²) in [5.74, 6) is 0. The summed E-state index contributed by atoms with van der Waals surface area (Å²) in [7, 11) is -3.49. The van der Waals surface area contributed by atoms with Gasteiger partial charge in [-0.25, -0.2) is 18.4 Å². The van der Waals surface area contributed by atoms with Crippen molar-refractivity contribution in [3.8, 4) is 0 Å². The van der Waals surface area contributed by atoms with Crippen LogP contribution in [0.5, 0.6) is 0 Å². The van der Waals surface area contributed by atoms with Crippen LogP contribution in [0.3, 0.4) is 0 Å². The second-order valence-electron chi connectivity index (χ2n) is 5.26. The number of hydrogen-bond acceptors (Lipinski definition) is 4. The van der Waals surface area contributed by atoms with Crippen LogP contribution in [0.2, 0.25) is 5.28 Å². The molecule has 0 saturated carbocycles. The molecule has 5 nitrogen and oxygen atoms in total. The fraction of sp³-hybridized carbons (Fsp3) is 0.667. The average molecular weight is 304 g/mol. The van der Waals surface area contributed by atoms with Gasteiger partial charge in [0.25, 0.3) is 0 Å². The van der Waals surface area contributed by atoms with E-state index in [0.29, 0.717) is 13.1 Å². The summed E-state index contributed by atoms with van der Waals surface area (Å²) in [6.45, 7) is 5.46. The molecule has 0 N–H and O–H groups in total. The van der Waals surface area contributed by atoms with E-state index in [1.165, 1.54) is 16.7 Å². The second kappa shape index (κ2) is 5.34. The van der Waals surface area contributed by atoms with Gasteiger partial charge in [-0.1, -0.05) is 20.3 Å². The topological polar surface area (TPSA) is 63.2 Å². The summed E-state index contributed by atoms with van der Waals surface area (Å²) in [5.41, 5.74) is 0.252. The number of sulfonamides is 1. The summed E-state index contributed by atoms with van der Waals surface area (Å²) in [6.07, 6.45) is 5.37. The first kappa shape index (κ1) is 14.7. The van der Waals surface area contributed by atoms with Crippen molar-refractivity contribution in [1.29, 1.82) is 0 Å². The lowest BCUT2D eigenvalue weighted by molar-refractivity contribution is 0.169. The molecule has 19 heavy (non-hydrogen) atoms. The predicted octanol–water partition coefficient (Wildman–Crippen LogP) is 2.33. The molecule has 2 rings (SSSR count). The predicted molar refractivity (Wildman–Crippen MR) is 73.4 cm³/mol. The van der Waals surface area contributed by atoms with Gasteiger partial charge in [0.15, 0.2) is 0 Å². The van der Waals surface area contributed by atoms with E-state index in [9.17, 15) is 8.42 Å². The van der Waals surface area contributed by atoms with Gasteiger partial charge in [-0.15, -0.1) is 0 Å². The lowest BCUT2D eigenvalue weighted by Crippen LogP contribution is -2.41. The molecule has 1 aliphatic heterocycles. The number of piperidine rings is 1. The zero-order valence-electron chi connectivity index (χ0n) is 11.1. The molecule has 1 aliphatic rings. The first-order valence-corrected chi connectivity index (χ1v) is 8.17. The Balaban J connectivity index is 2.16. The third kappa shape index (κ3) is 3.07. The minimum absolute atomic E-state index is 0.0520. The highest BCUT2D eigenvalue weighted by atomic mass is 35.5. The highest BCUT2D eigenvalue weighted by molar-refractivity contribution is 7.89. The summed E-state index contributed by atoms with van der Waals surface area (Å²) in [5, 5.41) is 0.0520. The van der Waals surface area contributed by atoms with Crippen molar-refractivity contribution < 1.29 is 8.42 Å². The zero-order valence-corrected chi connectivity index (χ0v) is 12.7. The van der Waals surface area contributed by atoms with Crippen molar-refractivity contribution in [2.24, 2.45) is 5.41 Å². The minimum Gasteiger partial charge on any atom is -0.225 e. The van der Waals surface area contributed by atoms with E-state index in [0.717, 1.165) is 19.3 Å². The molecule has 1 saturated heterocycles. The van der Waals surface area contributed by atoms with E-state index in [1.807, 2.05) is 0 Å². The quantitative estimate of drug-likeness (QED) is 0.804. The van der Waals surface area contributed by atoms with Gasteiger partial charge in [-0.05, 0) is 29.9 Å². The van der Waals surface area contributed by atoms with Crippen LogP contribution in [-0.4, -0.2) is 35.8 Å². The van der Waals surface area contributed by atoms with Crippen LogP contribution in [0, 0.1) is 5.41 Å². The summed E-state index contributed by atoms with van der Waals surface area (Å²) in [4.78, 5) is 7.58. The molecule has 0 aliphatic carbocycles. The Morgan fingerprint density at radius 1 is 1.32 bits per heavy atom. The van der Waals surface area contributed by atoms with Crippen LogP contribution in [0.1, 0.15) is 33.1 Å². The fourth-order valence-electron chi connectivity index (χ4n) is 2.20. The number of nitrogens with zero attached hydrogens (tertiary/aromatic N) is 3. The molecule has 2 heterocycles. The molecule has 7 heteroatoms. The number of rotatable bonds is 3. The van der Waals surface area contributed by atoms with Gasteiger partial charge < -0.3 is 0 Å². The molecular formula is C12H18ClN3O2S. The summed E-state index contributed by atoms with van der Waals surface area (Å²) < 4.78 is 26.3. The van der Waals surface area contributed by atoms with Gasteiger partial charge >= 0.3 is 0 Å². The van der Waals surface area contributed by atoms with E-state index in [1.54, 1.807) is 0 Å². The zero-order chi connectivity index (χ0) is 14.1. The average Bonchev–Trinajstić information content (AvgIpc) is 2.40. The maximum atomic E-state index is 12.4. The lowest BCUT2D eigenvalue weighted by Gasteiger charge is -2.38. The molecule has 0 unspecified atom stereocenters. The Labute approximate surface area is 119 Å². The van der Waals surface area contributed by atoms with Crippen LogP contribution in [0.4, 0.5) is 0 Å². The van der Waals surface area contributed by atoms with Crippen LogP contribution in [0.25, 0.3) is 0 Å². The molecule has 1 aromatic heterocycles. The van der Waals surface area contributed by atoms with Gasteiger partial charge in [0.05, 0.1) is 12.4 Å². The first-order chi connectivity index (χ1) is 8.87. The van der Waals surface area contributed by atoms with Crippen molar-refractivity contribution in [2.45, 2.75) is 38.0 Å². The largest absolute Gasteiger partial charge is 0.246 e. The highest BCUT2D eigenvalue weighted by Gasteiger charge is 2.34. The SMILES string of the molecule is CCC1(C)CCN(S(=O)(=O)c2cnc(Cl)nc2)CC1. The van der Waals surface area contributed by atoms with Crippen LogP contribution >= 0.6 is 11.6 Å². The van der Waals surface area contributed by atoms with Crippen molar-refractivity contribution in [3.05, 3.63) is 17.7 Å². The summed E-state index contributed by atoms with van der Waals surface area (Å²) in [6, 6.07) is 0. The van der Waals surface area contributed by atoms with Crippen molar-refractivity contribution in [2.75, 3.05) is 13.1 Å². The summed E-state index contributed by atoms with van der Waals surface area (Å²) >= 11 is 5.57.